The second kappa shape index (κ2) is 7.14. The molecule has 1 aromatic heterocycles. The van der Waals surface area contributed by atoms with Crippen molar-refractivity contribution in [3.63, 3.8) is 0 Å². The highest BCUT2D eigenvalue weighted by molar-refractivity contribution is 8.01. The molecule has 1 N–H and O–H groups in total. The predicted molar refractivity (Wildman–Crippen MR) is 91.8 cm³/mol. The number of nitro groups is 1. The van der Waals surface area contributed by atoms with E-state index >= 15 is 0 Å². The molecule has 0 saturated heterocycles. The van der Waals surface area contributed by atoms with Crippen LogP contribution < -0.4 is 5.32 Å². The summed E-state index contributed by atoms with van der Waals surface area (Å²) in [6.45, 7) is 6.02. The van der Waals surface area contributed by atoms with Gasteiger partial charge in [0.05, 0.1) is 17.6 Å². The molecule has 0 saturated carbocycles. The van der Waals surface area contributed by atoms with Gasteiger partial charge in [-0.05, 0) is 26.8 Å². The number of anilines is 1. The number of nitrogens with one attached hydrogen (secondary N) is 1. The lowest BCUT2D eigenvalue weighted by atomic mass is 10.1. The maximum Gasteiger partial charge on any atom is 0.339 e. The van der Waals surface area contributed by atoms with Crippen LogP contribution >= 0.6 is 23.1 Å². The largest absolute Gasteiger partial charge is 0.465 e. The Morgan fingerprint density at radius 2 is 2.08 bits per heavy atom. The summed E-state index contributed by atoms with van der Waals surface area (Å²) in [5.74, 6) is -0.640. The Morgan fingerprint density at radius 1 is 1.38 bits per heavy atom. The maximum absolute atomic E-state index is 11.9. The summed E-state index contributed by atoms with van der Waals surface area (Å²) in [6, 6.07) is 4.04. The van der Waals surface area contributed by atoms with Crippen LogP contribution in [0.25, 0.3) is 0 Å². The van der Waals surface area contributed by atoms with Crippen LogP contribution in [0, 0.1) is 10.1 Å². The number of ether oxygens (including phenoxy) is 1. The summed E-state index contributed by atoms with van der Waals surface area (Å²) >= 11 is 2.54. The van der Waals surface area contributed by atoms with E-state index in [1.165, 1.54) is 48.4 Å². The number of aromatic nitrogens is 2. The average molecular weight is 368 g/mol. The summed E-state index contributed by atoms with van der Waals surface area (Å²) in [7, 11) is 1.23. The van der Waals surface area contributed by atoms with Crippen molar-refractivity contribution in [3.05, 3.63) is 33.9 Å². The Balaban J connectivity index is 2.29. The fraction of sp³-hybridized carbons (Fsp3) is 0.357. The molecular weight excluding hydrogens is 352 g/mol. The third kappa shape index (κ3) is 4.65. The molecule has 24 heavy (non-hydrogen) atoms. The van der Waals surface area contributed by atoms with E-state index in [0.29, 0.717) is 14.4 Å². The Hall–Kier alpha value is -2.20. The normalized spacial score (nSPS) is 11.2. The first kappa shape index (κ1) is 18.1. The Bertz CT molecular complexity index is 770. The zero-order valence-corrected chi connectivity index (χ0v) is 15.2. The molecule has 0 atom stereocenters. The van der Waals surface area contributed by atoms with Crippen LogP contribution in [-0.4, -0.2) is 33.7 Å². The number of carbonyl (C=O) groups is 1. The molecule has 0 aliphatic carbocycles. The van der Waals surface area contributed by atoms with Gasteiger partial charge in [-0.1, -0.05) is 23.1 Å². The summed E-state index contributed by atoms with van der Waals surface area (Å²) in [5, 5.41) is 22.9. The molecule has 0 radical (unpaired) electrons. The first-order chi connectivity index (χ1) is 11.2. The Labute approximate surface area is 146 Å². The Kier molecular flexibility index (Phi) is 5.40. The van der Waals surface area contributed by atoms with Crippen molar-refractivity contribution >= 4 is 39.9 Å². The minimum absolute atomic E-state index is 0.122. The van der Waals surface area contributed by atoms with Gasteiger partial charge in [0.15, 0.2) is 4.34 Å². The molecule has 10 heteroatoms. The van der Waals surface area contributed by atoms with Crippen LogP contribution in [0.3, 0.4) is 0 Å². The number of nitrogens with zero attached hydrogens (tertiary/aromatic N) is 3. The molecule has 0 amide bonds. The molecule has 0 aliphatic rings. The lowest BCUT2D eigenvalue weighted by Gasteiger charge is -2.18. The summed E-state index contributed by atoms with van der Waals surface area (Å²) in [4.78, 5) is 22.7. The maximum atomic E-state index is 11.9. The molecule has 0 fully saturated rings. The SMILES string of the molecule is COC(=O)c1cc([N+](=O)[O-])ccc1Sc1nnc(NC(C)(C)C)s1. The number of nitro benzene ring substituents is 1. The van der Waals surface area contributed by atoms with Gasteiger partial charge in [0.1, 0.15) is 0 Å². The molecule has 128 valence electrons. The molecular formula is C14H16N4O4S2. The smallest absolute Gasteiger partial charge is 0.339 e. The highest BCUT2D eigenvalue weighted by Gasteiger charge is 2.20. The standard InChI is InChI=1S/C14H16N4O4S2/c1-14(2,3)15-12-16-17-13(24-12)23-10-6-5-8(18(20)21)7-9(10)11(19)22-4/h5-7H,1-4H3,(H,15,16). The first-order valence-electron chi connectivity index (χ1n) is 6.86. The van der Waals surface area contributed by atoms with Gasteiger partial charge < -0.3 is 10.1 Å². The van der Waals surface area contributed by atoms with Crippen molar-refractivity contribution in [3.8, 4) is 0 Å². The molecule has 2 aromatic rings. The number of benzene rings is 1. The first-order valence-corrected chi connectivity index (χ1v) is 8.49. The van der Waals surface area contributed by atoms with Gasteiger partial charge in [-0.25, -0.2) is 4.79 Å². The van der Waals surface area contributed by atoms with Crippen LogP contribution in [-0.2, 0) is 4.74 Å². The minimum Gasteiger partial charge on any atom is -0.465 e. The van der Waals surface area contributed by atoms with Crippen molar-refractivity contribution in [1.82, 2.24) is 10.2 Å². The van der Waals surface area contributed by atoms with E-state index in [1.807, 2.05) is 20.8 Å². The van der Waals surface area contributed by atoms with Crippen LogP contribution in [0.5, 0.6) is 0 Å². The Morgan fingerprint density at radius 3 is 2.67 bits per heavy atom. The van der Waals surface area contributed by atoms with E-state index in [4.69, 9.17) is 4.74 Å². The van der Waals surface area contributed by atoms with Gasteiger partial charge >= 0.3 is 5.97 Å². The molecule has 0 spiro atoms. The lowest BCUT2D eigenvalue weighted by Crippen LogP contribution is -2.25. The average Bonchev–Trinajstić information content (AvgIpc) is 2.91. The van der Waals surface area contributed by atoms with E-state index in [2.05, 4.69) is 15.5 Å². The van der Waals surface area contributed by atoms with E-state index in [1.54, 1.807) is 0 Å². The number of non-ortho nitro benzene ring substituents is 1. The molecule has 2 rings (SSSR count). The number of esters is 1. The quantitative estimate of drug-likeness (QED) is 0.484. The number of methoxy groups -OCH3 is 1. The lowest BCUT2D eigenvalue weighted by molar-refractivity contribution is -0.384. The van der Waals surface area contributed by atoms with Crippen LogP contribution in [0.1, 0.15) is 31.1 Å². The zero-order chi connectivity index (χ0) is 17.9. The number of hydrogen-bond donors (Lipinski definition) is 1. The zero-order valence-electron chi connectivity index (χ0n) is 13.5. The van der Waals surface area contributed by atoms with E-state index < -0.39 is 10.9 Å². The fourth-order valence-corrected chi connectivity index (χ4v) is 3.72. The summed E-state index contributed by atoms with van der Waals surface area (Å²) < 4.78 is 5.31. The van der Waals surface area contributed by atoms with E-state index in [9.17, 15) is 14.9 Å². The molecule has 8 nitrogen and oxygen atoms in total. The highest BCUT2D eigenvalue weighted by atomic mass is 32.2. The molecule has 0 bridgehead atoms. The second-order valence-electron chi connectivity index (χ2n) is 5.78. The van der Waals surface area contributed by atoms with Crippen molar-refractivity contribution in [2.24, 2.45) is 0 Å². The predicted octanol–water partition coefficient (Wildman–Crippen LogP) is 3.59. The number of rotatable bonds is 5. The minimum atomic E-state index is -0.640. The van der Waals surface area contributed by atoms with Crippen LogP contribution in [0.15, 0.2) is 27.4 Å². The molecule has 1 aromatic carbocycles. The highest BCUT2D eigenvalue weighted by Crippen LogP contribution is 2.36. The fourth-order valence-electron chi connectivity index (χ4n) is 1.71. The van der Waals surface area contributed by atoms with Crippen molar-refractivity contribution in [1.29, 1.82) is 0 Å². The van der Waals surface area contributed by atoms with E-state index in [0.717, 1.165) is 0 Å². The van der Waals surface area contributed by atoms with Gasteiger partial charge in [-0.15, -0.1) is 10.2 Å². The van der Waals surface area contributed by atoms with Crippen molar-refractivity contribution in [2.45, 2.75) is 35.5 Å². The van der Waals surface area contributed by atoms with Crippen molar-refractivity contribution in [2.75, 3.05) is 12.4 Å². The van der Waals surface area contributed by atoms with Gasteiger partial charge in [-0.2, -0.15) is 0 Å². The third-order valence-corrected chi connectivity index (χ3v) is 4.63. The van der Waals surface area contributed by atoms with Gasteiger partial charge in [0, 0.05) is 22.6 Å². The van der Waals surface area contributed by atoms with Gasteiger partial charge in [-0.3, -0.25) is 10.1 Å². The van der Waals surface area contributed by atoms with Gasteiger partial charge in [0.25, 0.3) is 5.69 Å². The third-order valence-electron chi connectivity index (χ3n) is 2.66. The topological polar surface area (TPSA) is 107 Å². The molecule has 0 aliphatic heterocycles. The van der Waals surface area contributed by atoms with E-state index in [-0.39, 0.29) is 16.8 Å². The summed E-state index contributed by atoms with van der Waals surface area (Å²) in [6.07, 6.45) is 0. The number of hydrogen-bond acceptors (Lipinski definition) is 9. The van der Waals surface area contributed by atoms with Crippen LogP contribution in [0.2, 0.25) is 0 Å². The second-order valence-corrected chi connectivity index (χ2v) is 8.05. The molecule has 1 heterocycles. The summed E-state index contributed by atoms with van der Waals surface area (Å²) in [5.41, 5.74) is -0.198. The van der Waals surface area contributed by atoms with Crippen LogP contribution in [0.4, 0.5) is 10.8 Å². The van der Waals surface area contributed by atoms with Gasteiger partial charge in [0.2, 0.25) is 5.13 Å². The molecule has 0 unspecified atom stereocenters. The monoisotopic (exact) mass is 368 g/mol. The van der Waals surface area contributed by atoms with Crippen molar-refractivity contribution < 1.29 is 14.5 Å². The number of carbonyl (C=O) groups excluding carboxylic acids is 1.